The van der Waals surface area contributed by atoms with Gasteiger partial charge in [-0.05, 0) is 30.4 Å². The summed E-state index contributed by atoms with van der Waals surface area (Å²) in [6, 6.07) is 5.10. The molecule has 0 unspecified atom stereocenters. The molecule has 0 saturated heterocycles. The first-order valence-electron chi connectivity index (χ1n) is 5.13. The molecule has 16 heavy (non-hydrogen) atoms. The van der Waals surface area contributed by atoms with Crippen LogP contribution in [-0.2, 0) is 0 Å². The topological polar surface area (TPSA) is 26.3 Å². The summed E-state index contributed by atoms with van der Waals surface area (Å²) in [5.41, 5.74) is 0.568. The van der Waals surface area contributed by atoms with Crippen LogP contribution in [0, 0.1) is 0 Å². The van der Waals surface area contributed by atoms with E-state index in [-0.39, 0.29) is 5.78 Å². The van der Waals surface area contributed by atoms with Gasteiger partial charge in [0, 0.05) is 5.02 Å². The first-order chi connectivity index (χ1) is 7.69. The number of rotatable bonds is 6. The summed E-state index contributed by atoms with van der Waals surface area (Å²) in [4.78, 5) is 11.9. The summed E-state index contributed by atoms with van der Waals surface area (Å²) in [6.45, 7) is 2.09. The smallest absolute Gasteiger partial charge is 0.176 e. The van der Waals surface area contributed by atoms with Crippen LogP contribution in [0.2, 0.25) is 5.02 Å². The van der Waals surface area contributed by atoms with Crippen molar-refractivity contribution in [3.8, 4) is 5.75 Å². The third-order valence-corrected chi connectivity index (χ3v) is 3.44. The van der Waals surface area contributed by atoms with Gasteiger partial charge in [-0.25, -0.2) is 0 Å². The number of hydrogen-bond donors (Lipinski definition) is 0. The molecular formula is C12H15ClO2S. The molecule has 88 valence electrons. The summed E-state index contributed by atoms with van der Waals surface area (Å²) in [5, 5.41) is 0.560. The van der Waals surface area contributed by atoms with Crippen LogP contribution in [0.3, 0.4) is 0 Å². The molecule has 0 heterocycles. The van der Waals surface area contributed by atoms with Gasteiger partial charge in [-0.1, -0.05) is 18.5 Å². The normalized spacial score (nSPS) is 10.2. The first kappa shape index (κ1) is 13.4. The lowest BCUT2D eigenvalue weighted by atomic mass is 10.1. The molecule has 0 radical (unpaired) electrons. The molecule has 0 aliphatic rings. The molecule has 0 aliphatic heterocycles. The number of ketones is 1. The highest BCUT2D eigenvalue weighted by molar-refractivity contribution is 7.99. The minimum absolute atomic E-state index is 0.0674. The number of carbonyl (C=O) groups is 1. The van der Waals surface area contributed by atoms with Gasteiger partial charge in [0.25, 0.3) is 0 Å². The van der Waals surface area contributed by atoms with Crippen LogP contribution < -0.4 is 4.74 Å². The maximum Gasteiger partial charge on any atom is 0.176 e. The Bertz CT molecular complexity index is 366. The predicted octanol–water partition coefficient (Wildman–Crippen LogP) is 3.67. The van der Waals surface area contributed by atoms with Crippen molar-refractivity contribution in [3.05, 3.63) is 28.8 Å². The lowest BCUT2D eigenvalue weighted by Crippen LogP contribution is -2.05. The van der Waals surface area contributed by atoms with Crippen molar-refractivity contribution in [3.63, 3.8) is 0 Å². The summed E-state index contributed by atoms with van der Waals surface area (Å²) in [6.07, 6.45) is 1.07. The Morgan fingerprint density at radius 2 is 2.25 bits per heavy atom. The zero-order chi connectivity index (χ0) is 12.0. The van der Waals surface area contributed by atoms with E-state index in [0.29, 0.717) is 22.1 Å². The van der Waals surface area contributed by atoms with Crippen LogP contribution in [-0.4, -0.2) is 24.4 Å². The monoisotopic (exact) mass is 258 g/mol. The van der Waals surface area contributed by atoms with Gasteiger partial charge in [0.15, 0.2) is 5.78 Å². The second kappa shape index (κ2) is 6.81. The van der Waals surface area contributed by atoms with Crippen molar-refractivity contribution in [2.45, 2.75) is 13.3 Å². The number of ether oxygens (including phenoxy) is 1. The number of hydrogen-bond acceptors (Lipinski definition) is 3. The van der Waals surface area contributed by atoms with Gasteiger partial charge in [-0.3, -0.25) is 4.79 Å². The Hall–Kier alpha value is -0.670. The third-order valence-electron chi connectivity index (χ3n) is 2.04. The number of benzene rings is 1. The Morgan fingerprint density at radius 3 is 2.88 bits per heavy atom. The van der Waals surface area contributed by atoms with Gasteiger partial charge in [-0.15, -0.1) is 0 Å². The molecule has 0 bridgehead atoms. The predicted molar refractivity (Wildman–Crippen MR) is 70.0 cm³/mol. The highest BCUT2D eigenvalue weighted by Crippen LogP contribution is 2.24. The SMILES string of the molecule is CCCSCC(=O)c1cc(Cl)ccc1OC. The van der Waals surface area contributed by atoms with E-state index in [1.807, 2.05) is 0 Å². The van der Waals surface area contributed by atoms with Crippen LogP contribution in [0.4, 0.5) is 0 Å². The standard InChI is InChI=1S/C12H15ClO2S/c1-3-6-16-8-11(14)10-7-9(13)4-5-12(10)15-2/h4-5,7H,3,6,8H2,1-2H3. The molecule has 0 amide bonds. The van der Waals surface area contributed by atoms with Crippen molar-refractivity contribution in [1.82, 2.24) is 0 Å². The van der Waals surface area contributed by atoms with Crippen LogP contribution in [0.5, 0.6) is 5.75 Å². The highest BCUT2D eigenvalue weighted by Gasteiger charge is 2.12. The molecule has 1 rings (SSSR count). The van der Waals surface area contributed by atoms with E-state index in [9.17, 15) is 4.79 Å². The van der Waals surface area contributed by atoms with Crippen molar-refractivity contribution >= 4 is 29.1 Å². The molecular weight excluding hydrogens is 244 g/mol. The van der Waals surface area contributed by atoms with Crippen LogP contribution in [0.1, 0.15) is 23.7 Å². The van der Waals surface area contributed by atoms with Gasteiger partial charge < -0.3 is 4.74 Å². The zero-order valence-electron chi connectivity index (χ0n) is 9.46. The number of carbonyl (C=O) groups excluding carboxylic acids is 1. The fourth-order valence-electron chi connectivity index (χ4n) is 1.29. The average molecular weight is 259 g/mol. The molecule has 0 atom stereocenters. The highest BCUT2D eigenvalue weighted by atomic mass is 35.5. The van der Waals surface area contributed by atoms with Crippen LogP contribution in [0.25, 0.3) is 0 Å². The molecule has 0 spiro atoms. The summed E-state index contributed by atoms with van der Waals surface area (Å²) in [7, 11) is 1.55. The number of Topliss-reactive ketones (excluding diaryl/α,β-unsaturated/α-hetero) is 1. The second-order valence-corrected chi connectivity index (χ2v) is 4.86. The van der Waals surface area contributed by atoms with Gasteiger partial charge in [-0.2, -0.15) is 11.8 Å². The van der Waals surface area contributed by atoms with E-state index in [4.69, 9.17) is 16.3 Å². The van der Waals surface area contributed by atoms with Gasteiger partial charge >= 0.3 is 0 Å². The maximum absolute atomic E-state index is 11.9. The third kappa shape index (κ3) is 3.72. The average Bonchev–Trinajstić information content (AvgIpc) is 2.29. The summed E-state index contributed by atoms with van der Waals surface area (Å²) >= 11 is 7.50. The minimum Gasteiger partial charge on any atom is -0.496 e. The number of methoxy groups -OCH3 is 1. The zero-order valence-corrected chi connectivity index (χ0v) is 11.0. The number of halogens is 1. The molecule has 1 aromatic rings. The Kier molecular flexibility index (Phi) is 5.71. The van der Waals surface area contributed by atoms with E-state index in [2.05, 4.69) is 6.92 Å². The van der Waals surface area contributed by atoms with E-state index >= 15 is 0 Å². The maximum atomic E-state index is 11.9. The van der Waals surface area contributed by atoms with Gasteiger partial charge in [0.2, 0.25) is 0 Å². The molecule has 1 aromatic carbocycles. The Balaban J connectivity index is 2.76. The van der Waals surface area contributed by atoms with E-state index in [1.165, 1.54) is 0 Å². The lowest BCUT2D eigenvalue weighted by Gasteiger charge is -2.07. The van der Waals surface area contributed by atoms with Crippen molar-refractivity contribution in [1.29, 1.82) is 0 Å². The van der Waals surface area contributed by atoms with Crippen molar-refractivity contribution in [2.24, 2.45) is 0 Å². The quantitative estimate of drug-likeness (QED) is 0.575. The van der Waals surface area contributed by atoms with Gasteiger partial charge in [0.05, 0.1) is 18.4 Å². The van der Waals surface area contributed by atoms with Crippen molar-refractivity contribution < 1.29 is 9.53 Å². The fraction of sp³-hybridized carbons (Fsp3) is 0.417. The molecule has 0 aromatic heterocycles. The van der Waals surface area contributed by atoms with Crippen LogP contribution >= 0.6 is 23.4 Å². The second-order valence-electron chi connectivity index (χ2n) is 3.32. The van der Waals surface area contributed by atoms with Gasteiger partial charge in [0.1, 0.15) is 5.75 Å². The lowest BCUT2D eigenvalue weighted by molar-refractivity contribution is 0.101. The fourth-order valence-corrected chi connectivity index (χ4v) is 2.23. The summed E-state index contributed by atoms with van der Waals surface area (Å²) < 4.78 is 5.14. The molecule has 0 saturated carbocycles. The largest absolute Gasteiger partial charge is 0.496 e. The molecule has 4 heteroatoms. The van der Waals surface area contributed by atoms with Crippen LogP contribution in [0.15, 0.2) is 18.2 Å². The van der Waals surface area contributed by atoms with E-state index in [1.54, 1.807) is 37.1 Å². The molecule has 0 aliphatic carbocycles. The molecule has 2 nitrogen and oxygen atoms in total. The minimum atomic E-state index is 0.0674. The van der Waals surface area contributed by atoms with Crippen molar-refractivity contribution in [2.75, 3.05) is 18.6 Å². The van der Waals surface area contributed by atoms with E-state index in [0.717, 1.165) is 12.2 Å². The van der Waals surface area contributed by atoms with E-state index < -0.39 is 0 Å². The summed E-state index contributed by atoms with van der Waals surface area (Å²) in [5.74, 6) is 2.13. The Morgan fingerprint density at radius 1 is 1.50 bits per heavy atom. The number of thioether (sulfide) groups is 1. The molecule has 0 N–H and O–H groups in total. The first-order valence-corrected chi connectivity index (χ1v) is 6.66. The Labute approximate surface area is 105 Å². The molecule has 0 fully saturated rings.